The first-order valence-electron chi connectivity index (χ1n) is 25.8. The van der Waals surface area contributed by atoms with Crippen LogP contribution in [0.2, 0.25) is 0 Å². The SMILES string of the molecule is CCCCC/C=C\C/C=C\CCCCCCCC(=O)OCCCCCCCCCCCCCCCC(=O)NC(CO)C(O)/C=C/CCCCCCCCCCCCCC. The van der Waals surface area contributed by atoms with E-state index in [4.69, 9.17) is 4.74 Å². The van der Waals surface area contributed by atoms with Crippen molar-refractivity contribution in [1.82, 2.24) is 5.32 Å². The first-order chi connectivity index (χ1) is 29.0. The highest BCUT2D eigenvalue weighted by molar-refractivity contribution is 5.76. The van der Waals surface area contributed by atoms with Crippen LogP contribution in [0.5, 0.6) is 0 Å². The van der Waals surface area contributed by atoms with Crippen LogP contribution in [-0.4, -0.2) is 47.4 Å². The van der Waals surface area contributed by atoms with Crippen LogP contribution in [0.25, 0.3) is 0 Å². The number of nitrogens with one attached hydrogen (secondary N) is 1. The fourth-order valence-corrected chi connectivity index (χ4v) is 7.66. The molecule has 59 heavy (non-hydrogen) atoms. The summed E-state index contributed by atoms with van der Waals surface area (Å²) in [7, 11) is 0. The van der Waals surface area contributed by atoms with E-state index in [0.717, 1.165) is 70.6 Å². The zero-order chi connectivity index (χ0) is 43.0. The molecule has 0 fully saturated rings. The Balaban J connectivity index is 3.50. The molecule has 3 N–H and O–H groups in total. The molecule has 0 saturated carbocycles. The predicted molar refractivity (Wildman–Crippen MR) is 255 cm³/mol. The molecule has 0 bridgehead atoms. The van der Waals surface area contributed by atoms with Gasteiger partial charge in [-0.3, -0.25) is 9.59 Å². The number of carbonyl (C=O) groups is 2. The maximum absolute atomic E-state index is 12.4. The van der Waals surface area contributed by atoms with Gasteiger partial charge in [0.1, 0.15) is 0 Å². The topological polar surface area (TPSA) is 95.9 Å². The number of rotatable bonds is 47. The highest BCUT2D eigenvalue weighted by Gasteiger charge is 2.18. The zero-order valence-corrected chi connectivity index (χ0v) is 39.2. The third-order valence-electron chi connectivity index (χ3n) is 11.7. The summed E-state index contributed by atoms with van der Waals surface area (Å²) in [5, 5.41) is 23.0. The summed E-state index contributed by atoms with van der Waals surface area (Å²) in [5.41, 5.74) is 0. The normalized spacial score (nSPS) is 12.9. The summed E-state index contributed by atoms with van der Waals surface area (Å²) in [6.45, 7) is 4.83. The zero-order valence-electron chi connectivity index (χ0n) is 39.2. The average Bonchev–Trinajstić information content (AvgIpc) is 3.24. The molecule has 2 unspecified atom stereocenters. The second-order valence-electron chi connectivity index (χ2n) is 17.5. The number of esters is 1. The smallest absolute Gasteiger partial charge is 0.305 e. The van der Waals surface area contributed by atoms with Crippen LogP contribution in [-0.2, 0) is 14.3 Å². The molecule has 0 heterocycles. The van der Waals surface area contributed by atoms with Crippen LogP contribution in [0.4, 0.5) is 0 Å². The van der Waals surface area contributed by atoms with Crippen molar-refractivity contribution in [3.05, 3.63) is 36.5 Å². The van der Waals surface area contributed by atoms with E-state index in [2.05, 4.69) is 43.5 Å². The van der Waals surface area contributed by atoms with Crippen molar-refractivity contribution in [3.8, 4) is 0 Å². The van der Waals surface area contributed by atoms with Gasteiger partial charge in [-0.1, -0.05) is 224 Å². The molecular formula is C53H99NO5. The molecule has 0 rings (SSSR count). The van der Waals surface area contributed by atoms with Gasteiger partial charge < -0.3 is 20.3 Å². The van der Waals surface area contributed by atoms with Crippen LogP contribution in [0.15, 0.2) is 36.5 Å². The lowest BCUT2D eigenvalue weighted by molar-refractivity contribution is -0.143. The van der Waals surface area contributed by atoms with Gasteiger partial charge in [0, 0.05) is 12.8 Å². The molecule has 0 radical (unpaired) electrons. The number of amides is 1. The number of aliphatic hydroxyl groups is 2. The van der Waals surface area contributed by atoms with Crippen LogP contribution in [0.3, 0.4) is 0 Å². The second kappa shape index (κ2) is 48.7. The summed E-state index contributed by atoms with van der Waals surface area (Å²) < 4.78 is 5.45. The summed E-state index contributed by atoms with van der Waals surface area (Å²) in [6.07, 6.45) is 58.5. The third kappa shape index (κ3) is 45.4. The van der Waals surface area contributed by atoms with Crippen LogP contribution >= 0.6 is 0 Å². The number of allylic oxidation sites excluding steroid dienone is 5. The summed E-state index contributed by atoms with van der Waals surface area (Å²) in [6, 6.07) is -0.638. The summed E-state index contributed by atoms with van der Waals surface area (Å²) >= 11 is 0. The number of carbonyl (C=O) groups excluding carboxylic acids is 2. The van der Waals surface area contributed by atoms with Crippen molar-refractivity contribution in [1.29, 1.82) is 0 Å². The Kier molecular flexibility index (Phi) is 47.2. The van der Waals surface area contributed by atoms with E-state index < -0.39 is 12.1 Å². The first kappa shape index (κ1) is 57.1. The molecule has 0 aliphatic carbocycles. The quantitative estimate of drug-likeness (QED) is 0.0323. The van der Waals surface area contributed by atoms with Crippen molar-refractivity contribution in [2.45, 2.75) is 276 Å². The van der Waals surface area contributed by atoms with E-state index in [1.54, 1.807) is 6.08 Å². The van der Waals surface area contributed by atoms with Crippen molar-refractivity contribution < 1.29 is 24.5 Å². The molecule has 0 aliphatic rings. The molecule has 0 aliphatic heterocycles. The third-order valence-corrected chi connectivity index (χ3v) is 11.7. The van der Waals surface area contributed by atoms with E-state index in [-0.39, 0.29) is 18.5 Å². The van der Waals surface area contributed by atoms with Gasteiger partial charge in [-0.25, -0.2) is 0 Å². The van der Waals surface area contributed by atoms with Gasteiger partial charge in [-0.15, -0.1) is 0 Å². The number of ether oxygens (including phenoxy) is 1. The van der Waals surface area contributed by atoms with Gasteiger partial charge >= 0.3 is 5.97 Å². The predicted octanol–water partition coefficient (Wildman–Crippen LogP) is 15.3. The molecule has 2 atom stereocenters. The van der Waals surface area contributed by atoms with Crippen molar-refractivity contribution in [3.63, 3.8) is 0 Å². The van der Waals surface area contributed by atoms with E-state index >= 15 is 0 Å². The Labute approximate surface area is 366 Å². The van der Waals surface area contributed by atoms with Gasteiger partial charge in [0.25, 0.3) is 0 Å². The number of hydrogen-bond donors (Lipinski definition) is 3. The van der Waals surface area contributed by atoms with E-state index in [1.165, 1.54) is 167 Å². The molecule has 0 saturated heterocycles. The lowest BCUT2D eigenvalue weighted by atomic mass is 10.0. The fourth-order valence-electron chi connectivity index (χ4n) is 7.66. The molecule has 0 aromatic carbocycles. The molecule has 0 aromatic heterocycles. The first-order valence-corrected chi connectivity index (χ1v) is 25.8. The minimum atomic E-state index is -0.853. The van der Waals surface area contributed by atoms with Gasteiger partial charge in [0.2, 0.25) is 5.91 Å². The molecule has 0 aromatic rings. The molecule has 0 spiro atoms. The monoisotopic (exact) mass is 830 g/mol. The van der Waals surface area contributed by atoms with E-state index in [1.807, 2.05) is 6.08 Å². The largest absolute Gasteiger partial charge is 0.466 e. The van der Waals surface area contributed by atoms with Gasteiger partial charge in [-0.05, 0) is 64.2 Å². The Morgan fingerprint density at radius 1 is 0.475 bits per heavy atom. The van der Waals surface area contributed by atoms with Gasteiger partial charge in [-0.2, -0.15) is 0 Å². The standard InChI is InChI=1S/C53H99NO5/c1-3-5-7-9-11-13-15-17-19-23-27-31-35-39-43-47-53(58)59-48-44-40-36-32-28-24-20-22-26-30-34-38-42-46-52(57)54-50(49-55)51(56)45-41-37-33-29-25-21-18-16-14-12-10-8-6-4-2/h11,13,17,19,41,45,50-51,55-56H,3-10,12,14-16,18,20-40,42-44,46-49H2,1-2H3,(H,54,57)/b13-11-,19-17-,45-41+. The Hall–Kier alpha value is -1.92. The molecule has 1 amide bonds. The molecule has 6 heteroatoms. The van der Waals surface area contributed by atoms with Crippen LogP contribution < -0.4 is 5.32 Å². The van der Waals surface area contributed by atoms with Crippen molar-refractivity contribution in [2.24, 2.45) is 0 Å². The Morgan fingerprint density at radius 3 is 1.32 bits per heavy atom. The Morgan fingerprint density at radius 2 is 0.847 bits per heavy atom. The fraction of sp³-hybridized carbons (Fsp3) is 0.849. The maximum Gasteiger partial charge on any atom is 0.305 e. The van der Waals surface area contributed by atoms with Crippen molar-refractivity contribution in [2.75, 3.05) is 13.2 Å². The van der Waals surface area contributed by atoms with Crippen molar-refractivity contribution >= 4 is 11.9 Å². The number of hydrogen-bond acceptors (Lipinski definition) is 5. The minimum Gasteiger partial charge on any atom is -0.466 e. The van der Waals surface area contributed by atoms with Crippen LogP contribution in [0.1, 0.15) is 264 Å². The maximum atomic E-state index is 12.4. The summed E-state index contributed by atoms with van der Waals surface area (Å²) in [5.74, 6) is -0.104. The van der Waals surface area contributed by atoms with Gasteiger partial charge in [0.15, 0.2) is 0 Å². The minimum absolute atomic E-state index is 0.0214. The van der Waals surface area contributed by atoms with Crippen LogP contribution in [0, 0.1) is 0 Å². The van der Waals surface area contributed by atoms with E-state index in [9.17, 15) is 19.8 Å². The summed E-state index contributed by atoms with van der Waals surface area (Å²) in [4.78, 5) is 24.4. The second-order valence-corrected chi connectivity index (χ2v) is 17.5. The van der Waals surface area contributed by atoms with Gasteiger partial charge in [0.05, 0.1) is 25.4 Å². The molecule has 6 nitrogen and oxygen atoms in total. The highest BCUT2D eigenvalue weighted by atomic mass is 16.5. The molecular weight excluding hydrogens is 731 g/mol. The Bertz CT molecular complexity index is 962. The lowest BCUT2D eigenvalue weighted by Crippen LogP contribution is -2.45. The molecule has 346 valence electrons. The lowest BCUT2D eigenvalue weighted by Gasteiger charge is -2.20. The van der Waals surface area contributed by atoms with E-state index in [0.29, 0.717) is 19.4 Å². The average molecular weight is 830 g/mol. The number of aliphatic hydroxyl groups excluding tert-OH is 2. The number of unbranched alkanes of at least 4 members (excludes halogenated alkanes) is 32. The highest BCUT2D eigenvalue weighted by Crippen LogP contribution is 2.15.